The second-order valence-corrected chi connectivity index (χ2v) is 8.81. The van der Waals surface area contributed by atoms with E-state index in [0.29, 0.717) is 12.3 Å². The number of benzene rings is 1. The normalized spacial score (nSPS) is 22.0. The lowest BCUT2D eigenvalue weighted by Crippen LogP contribution is -2.44. The molecular weight excluding hydrogens is 485 g/mol. The predicted octanol–water partition coefficient (Wildman–Crippen LogP) is 1.82. The summed E-state index contributed by atoms with van der Waals surface area (Å²) >= 11 is 0. The van der Waals surface area contributed by atoms with E-state index in [0.717, 1.165) is 49.0 Å². The molecule has 0 bridgehead atoms. The Balaban J connectivity index is 0.000000454. The molecule has 0 spiro atoms. The third-order valence-electron chi connectivity index (χ3n) is 6.36. The maximum Gasteiger partial charge on any atom is 0.490 e. The summed E-state index contributed by atoms with van der Waals surface area (Å²) in [7, 11) is 3.69. The highest BCUT2D eigenvalue weighted by molar-refractivity contribution is 6.00. The first-order valence-corrected chi connectivity index (χ1v) is 11.6. The molecule has 13 heteroatoms. The van der Waals surface area contributed by atoms with E-state index in [2.05, 4.69) is 16.7 Å². The van der Waals surface area contributed by atoms with Crippen molar-refractivity contribution >= 4 is 28.8 Å². The van der Waals surface area contributed by atoms with Gasteiger partial charge in [0.2, 0.25) is 11.8 Å². The van der Waals surface area contributed by atoms with E-state index in [-0.39, 0.29) is 24.1 Å². The summed E-state index contributed by atoms with van der Waals surface area (Å²) in [5.41, 5.74) is 2.54. The Labute approximate surface area is 204 Å². The molecule has 2 aromatic rings. The van der Waals surface area contributed by atoms with E-state index < -0.39 is 24.1 Å². The highest BCUT2D eigenvalue weighted by atomic mass is 19.4. The van der Waals surface area contributed by atoms with Gasteiger partial charge in [-0.25, -0.2) is 9.59 Å². The fraction of sp³-hybridized carbons (Fsp3) is 0.565. The molecule has 10 nitrogen and oxygen atoms in total. The molecule has 2 aliphatic rings. The summed E-state index contributed by atoms with van der Waals surface area (Å²) in [4.78, 5) is 45.7. The molecule has 1 aromatic heterocycles. The van der Waals surface area contributed by atoms with Crippen molar-refractivity contribution in [2.75, 3.05) is 20.2 Å². The SMILES string of the molecule is CNCCCOC1CC(c2cccc3c2n(C)c(=O)n3C2CCC(=O)NC2=O)C1.O=C(O)C(F)(F)F. The maximum atomic E-state index is 13.0. The molecule has 198 valence electrons. The minimum Gasteiger partial charge on any atom is -0.475 e. The Hall–Kier alpha value is -3.19. The number of halogens is 3. The van der Waals surface area contributed by atoms with Crippen molar-refractivity contribution in [3.05, 3.63) is 34.2 Å². The number of aryl methyl sites for hydroxylation is 1. The molecule has 36 heavy (non-hydrogen) atoms. The third-order valence-corrected chi connectivity index (χ3v) is 6.36. The molecule has 1 saturated carbocycles. The summed E-state index contributed by atoms with van der Waals surface area (Å²) in [6.07, 6.45) is -1.35. The third kappa shape index (κ3) is 5.95. The molecule has 1 aromatic carbocycles. The fourth-order valence-corrected chi connectivity index (χ4v) is 4.48. The van der Waals surface area contributed by atoms with Crippen LogP contribution in [0.1, 0.15) is 49.6 Å². The van der Waals surface area contributed by atoms with Crippen LogP contribution < -0.4 is 16.3 Å². The van der Waals surface area contributed by atoms with Crippen molar-refractivity contribution in [3.63, 3.8) is 0 Å². The number of piperidine rings is 1. The molecule has 3 N–H and O–H groups in total. The van der Waals surface area contributed by atoms with E-state index in [1.165, 1.54) is 0 Å². The number of carbonyl (C=O) groups excluding carboxylic acids is 2. The first kappa shape index (κ1) is 27.4. The van der Waals surface area contributed by atoms with Gasteiger partial charge in [0, 0.05) is 20.1 Å². The molecular formula is C23H29F3N4O6. The maximum absolute atomic E-state index is 13.0. The van der Waals surface area contributed by atoms with Crippen LogP contribution in [0.25, 0.3) is 11.0 Å². The van der Waals surface area contributed by atoms with Gasteiger partial charge in [0.15, 0.2) is 0 Å². The fourth-order valence-electron chi connectivity index (χ4n) is 4.48. The predicted molar refractivity (Wildman–Crippen MR) is 123 cm³/mol. The minimum atomic E-state index is -5.08. The van der Waals surface area contributed by atoms with Gasteiger partial charge in [-0.1, -0.05) is 12.1 Å². The van der Waals surface area contributed by atoms with Crippen molar-refractivity contribution in [2.45, 2.75) is 56.3 Å². The van der Waals surface area contributed by atoms with Crippen LogP contribution in [0.5, 0.6) is 0 Å². The highest BCUT2D eigenvalue weighted by Gasteiger charge is 2.38. The van der Waals surface area contributed by atoms with Gasteiger partial charge in [0.1, 0.15) is 6.04 Å². The number of hydrogen-bond acceptors (Lipinski definition) is 6. The molecule has 2 heterocycles. The Morgan fingerprint density at radius 3 is 2.50 bits per heavy atom. The first-order valence-electron chi connectivity index (χ1n) is 11.6. The largest absolute Gasteiger partial charge is 0.490 e. The average molecular weight is 515 g/mol. The number of rotatable bonds is 7. The van der Waals surface area contributed by atoms with Gasteiger partial charge in [0.25, 0.3) is 0 Å². The number of ether oxygens (including phenoxy) is 1. The van der Waals surface area contributed by atoms with E-state index in [1.807, 2.05) is 19.2 Å². The van der Waals surface area contributed by atoms with Gasteiger partial charge in [-0.2, -0.15) is 13.2 Å². The van der Waals surface area contributed by atoms with Crippen molar-refractivity contribution in [2.24, 2.45) is 7.05 Å². The Bertz CT molecular complexity index is 1180. The van der Waals surface area contributed by atoms with Gasteiger partial charge in [-0.3, -0.25) is 24.0 Å². The van der Waals surface area contributed by atoms with Gasteiger partial charge in [-0.05, 0) is 56.8 Å². The molecule has 1 atom stereocenters. The molecule has 1 aliphatic carbocycles. The quantitative estimate of drug-likeness (QED) is 0.379. The number of aliphatic carboxylic acids is 1. The molecule has 0 radical (unpaired) electrons. The number of carboxylic acids is 1. The monoisotopic (exact) mass is 514 g/mol. The Morgan fingerprint density at radius 1 is 1.25 bits per heavy atom. The minimum absolute atomic E-state index is 0.221. The zero-order chi connectivity index (χ0) is 26.6. The van der Waals surface area contributed by atoms with E-state index in [4.69, 9.17) is 14.6 Å². The van der Waals surface area contributed by atoms with Crippen LogP contribution in [0.3, 0.4) is 0 Å². The number of fused-ring (bicyclic) bond motifs is 1. The zero-order valence-corrected chi connectivity index (χ0v) is 19.9. The van der Waals surface area contributed by atoms with Gasteiger partial charge >= 0.3 is 17.8 Å². The number of carbonyl (C=O) groups is 3. The van der Waals surface area contributed by atoms with Gasteiger partial charge in [-0.15, -0.1) is 0 Å². The van der Waals surface area contributed by atoms with Crippen LogP contribution in [0, 0.1) is 0 Å². The number of imide groups is 1. The smallest absolute Gasteiger partial charge is 0.475 e. The summed E-state index contributed by atoms with van der Waals surface area (Å²) in [6, 6.07) is 5.25. The van der Waals surface area contributed by atoms with Crippen LogP contribution in [-0.2, 0) is 26.2 Å². The number of imidazole rings is 1. The van der Waals surface area contributed by atoms with E-state index in [1.54, 1.807) is 16.2 Å². The number of nitrogens with zero attached hydrogens (tertiary/aromatic N) is 2. The number of nitrogens with one attached hydrogen (secondary N) is 2. The summed E-state index contributed by atoms with van der Waals surface area (Å²) in [5.74, 6) is -3.10. The van der Waals surface area contributed by atoms with E-state index >= 15 is 0 Å². The Morgan fingerprint density at radius 2 is 1.92 bits per heavy atom. The second-order valence-electron chi connectivity index (χ2n) is 8.81. The van der Waals surface area contributed by atoms with Crippen molar-refractivity contribution in [1.29, 1.82) is 0 Å². The van der Waals surface area contributed by atoms with Crippen LogP contribution in [0.15, 0.2) is 23.0 Å². The molecule has 1 aliphatic heterocycles. The number of hydrogen-bond donors (Lipinski definition) is 3. The van der Waals surface area contributed by atoms with Crippen molar-refractivity contribution in [1.82, 2.24) is 19.8 Å². The van der Waals surface area contributed by atoms with Crippen molar-refractivity contribution < 1.29 is 37.4 Å². The number of amides is 2. The number of alkyl halides is 3. The molecule has 1 saturated heterocycles. The summed E-state index contributed by atoms with van der Waals surface area (Å²) < 4.78 is 40.8. The molecule has 1 unspecified atom stereocenters. The number of aromatic nitrogens is 2. The highest BCUT2D eigenvalue weighted by Crippen LogP contribution is 2.41. The van der Waals surface area contributed by atoms with Gasteiger partial charge in [0.05, 0.1) is 17.1 Å². The zero-order valence-electron chi connectivity index (χ0n) is 19.9. The second kappa shape index (κ2) is 11.2. The number of para-hydroxylation sites is 1. The van der Waals surface area contributed by atoms with Gasteiger partial charge < -0.3 is 15.2 Å². The standard InChI is InChI=1S/C21H28N4O4.C2HF3O2/c1-22-9-4-10-29-14-11-13(12-14)15-5-3-6-16-19(15)24(2)21(28)25(16)17-7-8-18(26)23-20(17)27;3-2(4,5)1(6)7/h3,5-6,13-14,17,22H,4,7-12H2,1-2H3,(H,23,26,27);(H,6,7). The van der Waals surface area contributed by atoms with E-state index in [9.17, 15) is 27.6 Å². The topological polar surface area (TPSA) is 132 Å². The van der Waals surface area contributed by atoms with Crippen LogP contribution in [0.2, 0.25) is 0 Å². The van der Waals surface area contributed by atoms with Crippen molar-refractivity contribution in [3.8, 4) is 0 Å². The van der Waals surface area contributed by atoms with Crippen LogP contribution in [0.4, 0.5) is 13.2 Å². The van der Waals surface area contributed by atoms with Crippen LogP contribution >= 0.6 is 0 Å². The summed E-state index contributed by atoms with van der Waals surface area (Å²) in [6.45, 7) is 1.71. The molecule has 2 amide bonds. The lowest BCUT2D eigenvalue weighted by Gasteiger charge is -2.36. The van der Waals surface area contributed by atoms with Crippen LogP contribution in [-0.4, -0.2) is 64.5 Å². The molecule has 4 rings (SSSR count). The number of carboxylic acid groups (broad SMARTS) is 1. The Kier molecular flexibility index (Phi) is 8.56. The average Bonchev–Trinajstić information content (AvgIpc) is 3.03. The first-order chi connectivity index (χ1) is 17.0. The molecule has 2 fully saturated rings. The lowest BCUT2D eigenvalue weighted by molar-refractivity contribution is -0.192. The lowest BCUT2D eigenvalue weighted by atomic mass is 9.77. The summed E-state index contributed by atoms with van der Waals surface area (Å²) in [5, 5.41) is 12.6.